The van der Waals surface area contributed by atoms with Gasteiger partial charge in [0, 0.05) is 57.3 Å². The zero-order chi connectivity index (χ0) is 19.6. The minimum absolute atomic E-state index is 0.309. The fraction of sp³-hybridized carbons (Fsp3) is 0.957. The number of ether oxygens (including phenoxy) is 1. The normalized spacial score (nSPS) is 49.4. The van der Waals surface area contributed by atoms with E-state index >= 15 is 0 Å². The fourth-order valence-electron chi connectivity index (χ4n) is 7.69. The molecule has 29 heavy (non-hydrogen) atoms. The first-order chi connectivity index (χ1) is 14.0. The van der Waals surface area contributed by atoms with Crippen LogP contribution in [0.4, 0.5) is 0 Å². The number of carbonyl (C=O) groups is 1. The van der Waals surface area contributed by atoms with Crippen LogP contribution in [0.15, 0.2) is 0 Å². The van der Waals surface area contributed by atoms with Gasteiger partial charge in [-0.25, -0.2) is 0 Å². The van der Waals surface area contributed by atoms with Crippen molar-refractivity contribution in [2.24, 2.45) is 29.6 Å². The summed E-state index contributed by atoms with van der Waals surface area (Å²) in [6.45, 7) is 3.68. The summed E-state index contributed by atoms with van der Waals surface area (Å²) in [6, 6.07) is 0. The first-order valence-electron chi connectivity index (χ1n) is 12.1. The van der Waals surface area contributed by atoms with Gasteiger partial charge in [0.15, 0.2) is 0 Å². The highest BCUT2D eigenvalue weighted by atomic mass is 17.3. The fourth-order valence-corrected chi connectivity index (χ4v) is 7.69. The number of carbonyl (C=O) groups excluding carboxylic acids is 1. The third-order valence-corrected chi connectivity index (χ3v) is 9.03. The van der Waals surface area contributed by atoms with Gasteiger partial charge >= 0.3 is 0 Å². The monoisotopic (exact) mass is 404 g/mol. The zero-order valence-corrected chi connectivity index (χ0v) is 17.8. The van der Waals surface area contributed by atoms with Gasteiger partial charge in [-0.2, -0.15) is 9.78 Å². The van der Waals surface area contributed by atoms with Crippen molar-refractivity contribution in [2.45, 2.75) is 75.8 Å². The zero-order valence-electron chi connectivity index (χ0n) is 17.8. The van der Waals surface area contributed by atoms with Gasteiger partial charge in [-0.3, -0.25) is 4.79 Å². The van der Waals surface area contributed by atoms with Crippen molar-refractivity contribution in [1.29, 1.82) is 0 Å². The van der Waals surface area contributed by atoms with Gasteiger partial charge in [0.05, 0.1) is 0 Å². The number of likely N-dealkylation sites (N-methyl/N-ethyl adjacent to an activating group) is 1. The molecule has 2 heterocycles. The molecule has 7 aliphatic rings. The molecule has 7 fully saturated rings. The summed E-state index contributed by atoms with van der Waals surface area (Å²) in [6.07, 6.45) is 10.9. The van der Waals surface area contributed by atoms with E-state index in [1.807, 2.05) is 4.90 Å². The van der Waals surface area contributed by atoms with Crippen LogP contribution in [0.5, 0.6) is 0 Å². The van der Waals surface area contributed by atoms with Crippen LogP contribution in [0, 0.1) is 29.6 Å². The molecule has 2 atom stereocenters. The smallest absolute Gasteiger partial charge is 0.222 e. The van der Waals surface area contributed by atoms with Gasteiger partial charge in [0.1, 0.15) is 0 Å². The first kappa shape index (κ1) is 19.0. The van der Waals surface area contributed by atoms with Crippen LogP contribution in [0.1, 0.15) is 64.2 Å². The second-order valence-corrected chi connectivity index (χ2v) is 11.1. The summed E-state index contributed by atoms with van der Waals surface area (Å²) in [5, 5.41) is 0. The van der Waals surface area contributed by atoms with Gasteiger partial charge in [-0.1, -0.05) is 0 Å². The van der Waals surface area contributed by atoms with Gasteiger partial charge in [0.25, 0.3) is 0 Å². The molecular formula is C23H36N2O4. The van der Waals surface area contributed by atoms with Gasteiger partial charge in [-0.15, -0.1) is 0 Å². The molecule has 2 aliphatic heterocycles. The van der Waals surface area contributed by atoms with Crippen molar-refractivity contribution in [2.75, 3.05) is 33.2 Å². The molecule has 0 radical (unpaired) electrons. The number of hydrogen-bond donors (Lipinski definition) is 0. The number of piperazine rings is 1. The van der Waals surface area contributed by atoms with E-state index in [0.29, 0.717) is 30.1 Å². The Bertz CT molecular complexity index is 633. The lowest BCUT2D eigenvalue weighted by Crippen LogP contribution is -2.59. The average Bonchev–Trinajstić information content (AvgIpc) is 3.06. The second kappa shape index (κ2) is 6.91. The lowest BCUT2D eigenvalue weighted by molar-refractivity contribution is -0.390. The van der Waals surface area contributed by atoms with Crippen LogP contribution in [-0.2, 0) is 19.3 Å². The largest absolute Gasteiger partial charge is 0.340 e. The van der Waals surface area contributed by atoms with Crippen molar-refractivity contribution in [3.8, 4) is 0 Å². The molecule has 1 amide bonds. The Morgan fingerprint density at radius 3 is 2.34 bits per heavy atom. The molecule has 0 aromatic rings. The Morgan fingerprint density at radius 2 is 1.66 bits per heavy atom. The predicted molar refractivity (Wildman–Crippen MR) is 106 cm³/mol. The van der Waals surface area contributed by atoms with E-state index in [0.717, 1.165) is 63.7 Å². The molecule has 5 aliphatic carbocycles. The molecule has 6 nitrogen and oxygen atoms in total. The number of hydrogen-bond acceptors (Lipinski definition) is 5. The highest BCUT2D eigenvalue weighted by Crippen LogP contribution is 2.64. The molecule has 162 valence electrons. The molecule has 0 aromatic carbocycles. The van der Waals surface area contributed by atoms with Crippen molar-refractivity contribution >= 4 is 5.91 Å². The Labute approximate surface area is 174 Å². The summed E-state index contributed by atoms with van der Waals surface area (Å²) < 4.78 is 6.85. The highest BCUT2D eigenvalue weighted by molar-refractivity contribution is 5.76. The van der Waals surface area contributed by atoms with Crippen molar-refractivity contribution in [1.82, 2.24) is 9.80 Å². The van der Waals surface area contributed by atoms with Gasteiger partial charge < -0.3 is 14.5 Å². The van der Waals surface area contributed by atoms with E-state index in [-0.39, 0.29) is 0 Å². The Hall–Kier alpha value is -0.690. The van der Waals surface area contributed by atoms with E-state index < -0.39 is 11.6 Å². The predicted octanol–water partition coefficient (Wildman–Crippen LogP) is 3.17. The maximum Gasteiger partial charge on any atom is 0.222 e. The number of amides is 1. The lowest BCUT2D eigenvalue weighted by Gasteiger charge is -2.57. The lowest BCUT2D eigenvalue weighted by atomic mass is 9.53. The molecule has 0 aromatic heterocycles. The van der Waals surface area contributed by atoms with Crippen LogP contribution in [0.25, 0.3) is 0 Å². The standard InChI is InChI=1S/C23H36N2O4/c1-24-5-7-25(8-6-24)21(26)14-16-3-2-4-22(15-16)27-23(29-28-22)19-10-17-9-18(12-19)13-20(23)11-17/h16-20H,2-15H2,1H3/t16?,17?,18?,19?,20?,22-,23?/m1/s1. The van der Waals surface area contributed by atoms with Crippen molar-refractivity contribution in [3.05, 3.63) is 0 Å². The SMILES string of the molecule is CN1CCN(C(=O)CC2CCC[C@]3(C2)OOC2(O3)C3CC4CC(C3)CC2C4)CC1. The molecule has 2 spiro atoms. The minimum atomic E-state index is -0.610. The van der Waals surface area contributed by atoms with Crippen molar-refractivity contribution < 1.29 is 19.3 Å². The third kappa shape index (κ3) is 3.17. The number of rotatable bonds is 2. The van der Waals surface area contributed by atoms with Crippen LogP contribution < -0.4 is 0 Å². The third-order valence-electron chi connectivity index (χ3n) is 9.03. The Kier molecular flexibility index (Phi) is 4.53. The summed E-state index contributed by atoms with van der Waals surface area (Å²) in [5.74, 6) is 2.32. The Balaban J connectivity index is 1.12. The summed E-state index contributed by atoms with van der Waals surface area (Å²) >= 11 is 0. The maximum atomic E-state index is 12.9. The first-order valence-corrected chi connectivity index (χ1v) is 12.1. The molecule has 1 unspecified atom stereocenters. The summed E-state index contributed by atoms with van der Waals surface area (Å²) in [7, 11) is 2.13. The quantitative estimate of drug-likeness (QED) is 0.662. The van der Waals surface area contributed by atoms with Crippen LogP contribution in [0.2, 0.25) is 0 Å². The van der Waals surface area contributed by atoms with Crippen molar-refractivity contribution in [3.63, 3.8) is 0 Å². The van der Waals surface area contributed by atoms with Crippen LogP contribution in [-0.4, -0.2) is 60.5 Å². The molecular weight excluding hydrogens is 368 g/mol. The van der Waals surface area contributed by atoms with E-state index in [4.69, 9.17) is 14.5 Å². The minimum Gasteiger partial charge on any atom is -0.340 e. The van der Waals surface area contributed by atoms with E-state index in [2.05, 4.69) is 11.9 Å². The van der Waals surface area contributed by atoms with Gasteiger partial charge in [-0.05, 0) is 69.7 Å². The van der Waals surface area contributed by atoms with Gasteiger partial charge in [0.2, 0.25) is 17.5 Å². The van der Waals surface area contributed by atoms with E-state index in [1.165, 1.54) is 32.1 Å². The molecule has 4 bridgehead atoms. The highest BCUT2D eigenvalue weighted by Gasteiger charge is 2.67. The van der Waals surface area contributed by atoms with Crippen LogP contribution in [0.3, 0.4) is 0 Å². The van der Waals surface area contributed by atoms with E-state index in [9.17, 15) is 4.79 Å². The Morgan fingerprint density at radius 1 is 0.966 bits per heavy atom. The molecule has 2 saturated heterocycles. The maximum absolute atomic E-state index is 12.9. The van der Waals surface area contributed by atoms with E-state index in [1.54, 1.807) is 0 Å². The van der Waals surface area contributed by atoms with Crippen LogP contribution >= 0.6 is 0 Å². The molecule has 7 rings (SSSR count). The molecule has 6 heteroatoms. The summed E-state index contributed by atoms with van der Waals surface area (Å²) in [5.41, 5.74) is 0. The second-order valence-electron chi connectivity index (χ2n) is 11.1. The topological polar surface area (TPSA) is 51.2 Å². The molecule has 0 N–H and O–H groups in total. The number of nitrogens with zero attached hydrogens (tertiary/aromatic N) is 2. The molecule has 5 saturated carbocycles. The summed E-state index contributed by atoms with van der Waals surface area (Å²) in [4.78, 5) is 29.5. The average molecular weight is 405 g/mol.